The summed E-state index contributed by atoms with van der Waals surface area (Å²) in [6.45, 7) is 3.41. The number of hydrogen-bond donors (Lipinski definition) is 0. The molecule has 1 heterocycles. The smallest absolute Gasteiger partial charge is 0.243 e. The molecule has 0 saturated carbocycles. The van der Waals surface area contributed by atoms with Gasteiger partial charge in [0.15, 0.2) is 0 Å². The van der Waals surface area contributed by atoms with E-state index in [2.05, 4.69) is 5.10 Å². The van der Waals surface area contributed by atoms with Crippen LogP contribution < -0.4 is 0 Å². The predicted molar refractivity (Wildman–Crippen MR) is 77.7 cm³/mol. The van der Waals surface area contributed by atoms with Crippen molar-refractivity contribution in [2.75, 3.05) is 7.05 Å². The maximum atomic E-state index is 13.3. The number of halogens is 1. The number of aromatic nitrogens is 2. The van der Waals surface area contributed by atoms with Crippen molar-refractivity contribution < 1.29 is 12.8 Å². The Balaban J connectivity index is 2.38. The molecule has 0 aliphatic carbocycles. The Morgan fingerprint density at radius 1 is 1.29 bits per heavy atom. The first kappa shape index (κ1) is 15.7. The SMILES string of the molecule is Cc1cc(F)cc(C)c1S(=O)(=O)N(C)Cc1cnn(C)c1. The van der Waals surface area contributed by atoms with Gasteiger partial charge in [-0.15, -0.1) is 0 Å². The molecule has 2 aromatic rings. The van der Waals surface area contributed by atoms with Crippen LogP contribution in [0.4, 0.5) is 4.39 Å². The van der Waals surface area contributed by atoms with Gasteiger partial charge in [0.2, 0.25) is 10.0 Å². The number of rotatable bonds is 4. The molecule has 1 aromatic heterocycles. The highest BCUT2D eigenvalue weighted by molar-refractivity contribution is 7.89. The van der Waals surface area contributed by atoms with E-state index in [1.54, 1.807) is 38.0 Å². The lowest BCUT2D eigenvalue weighted by Gasteiger charge is -2.19. The van der Waals surface area contributed by atoms with Crippen molar-refractivity contribution in [2.24, 2.45) is 7.05 Å². The van der Waals surface area contributed by atoms with Gasteiger partial charge in [-0.05, 0) is 37.1 Å². The molecule has 0 saturated heterocycles. The second kappa shape index (κ2) is 5.57. The largest absolute Gasteiger partial charge is 0.275 e. The van der Waals surface area contributed by atoms with Gasteiger partial charge < -0.3 is 0 Å². The van der Waals surface area contributed by atoms with Gasteiger partial charge in [-0.1, -0.05) is 0 Å². The van der Waals surface area contributed by atoms with Crippen LogP contribution in [0.25, 0.3) is 0 Å². The zero-order chi connectivity index (χ0) is 15.8. The molecule has 0 bridgehead atoms. The van der Waals surface area contributed by atoms with E-state index < -0.39 is 15.8 Å². The van der Waals surface area contributed by atoms with Crippen molar-refractivity contribution in [3.05, 3.63) is 47.0 Å². The molecule has 0 amide bonds. The molecular formula is C14H18FN3O2S. The van der Waals surface area contributed by atoms with Crippen LogP contribution in [0.15, 0.2) is 29.4 Å². The quantitative estimate of drug-likeness (QED) is 0.868. The first-order valence-electron chi connectivity index (χ1n) is 6.42. The van der Waals surface area contributed by atoms with Gasteiger partial charge in [-0.25, -0.2) is 12.8 Å². The van der Waals surface area contributed by atoms with E-state index in [-0.39, 0.29) is 11.4 Å². The number of hydrogen-bond acceptors (Lipinski definition) is 3. The fraction of sp³-hybridized carbons (Fsp3) is 0.357. The summed E-state index contributed by atoms with van der Waals surface area (Å²) in [6.07, 6.45) is 3.38. The third-order valence-corrected chi connectivity index (χ3v) is 5.37. The number of aryl methyl sites for hydroxylation is 3. The summed E-state index contributed by atoms with van der Waals surface area (Å²) in [4.78, 5) is 0.162. The summed E-state index contributed by atoms with van der Waals surface area (Å²) in [6, 6.07) is 2.47. The second-order valence-electron chi connectivity index (χ2n) is 5.15. The highest BCUT2D eigenvalue weighted by Gasteiger charge is 2.25. The molecule has 0 radical (unpaired) electrons. The van der Waals surface area contributed by atoms with Gasteiger partial charge >= 0.3 is 0 Å². The summed E-state index contributed by atoms with van der Waals surface area (Å²) in [5, 5.41) is 4.02. The lowest BCUT2D eigenvalue weighted by Crippen LogP contribution is -2.27. The summed E-state index contributed by atoms with van der Waals surface area (Å²) in [5.74, 6) is -0.432. The minimum absolute atomic E-state index is 0.162. The van der Waals surface area contributed by atoms with Gasteiger partial charge in [0.05, 0.1) is 11.1 Å². The van der Waals surface area contributed by atoms with Crippen molar-refractivity contribution in [3.8, 4) is 0 Å². The first-order valence-corrected chi connectivity index (χ1v) is 7.86. The summed E-state index contributed by atoms with van der Waals surface area (Å²) < 4.78 is 41.5. The van der Waals surface area contributed by atoms with Gasteiger partial charge in [-0.3, -0.25) is 4.68 Å². The summed E-state index contributed by atoms with van der Waals surface area (Å²) >= 11 is 0. The number of nitrogens with zero attached hydrogens (tertiary/aromatic N) is 3. The third kappa shape index (κ3) is 3.14. The van der Waals surface area contributed by atoms with Crippen molar-refractivity contribution in [1.82, 2.24) is 14.1 Å². The average Bonchev–Trinajstić information content (AvgIpc) is 2.72. The Labute approximate surface area is 124 Å². The van der Waals surface area contributed by atoms with Crippen LogP contribution in [0.1, 0.15) is 16.7 Å². The van der Waals surface area contributed by atoms with E-state index >= 15 is 0 Å². The van der Waals surface area contributed by atoms with E-state index in [0.29, 0.717) is 11.1 Å². The average molecular weight is 311 g/mol. The zero-order valence-electron chi connectivity index (χ0n) is 12.5. The van der Waals surface area contributed by atoms with Gasteiger partial charge in [-0.2, -0.15) is 9.40 Å². The molecule has 0 spiro atoms. The Morgan fingerprint density at radius 3 is 2.33 bits per heavy atom. The Morgan fingerprint density at radius 2 is 1.86 bits per heavy atom. The van der Waals surface area contributed by atoms with E-state index in [0.717, 1.165) is 5.56 Å². The minimum atomic E-state index is -3.68. The Hall–Kier alpha value is -1.73. The molecular weight excluding hydrogens is 293 g/mol. The highest BCUT2D eigenvalue weighted by atomic mass is 32.2. The molecule has 114 valence electrons. The lowest BCUT2D eigenvalue weighted by atomic mass is 10.1. The van der Waals surface area contributed by atoms with Crippen molar-refractivity contribution in [3.63, 3.8) is 0 Å². The summed E-state index contributed by atoms with van der Waals surface area (Å²) in [5.41, 5.74) is 1.61. The van der Waals surface area contributed by atoms with E-state index in [1.807, 2.05) is 0 Å². The Kier molecular flexibility index (Phi) is 4.15. The normalized spacial score (nSPS) is 12.1. The predicted octanol–water partition coefficient (Wildman–Crippen LogP) is 2.00. The lowest BCUT2D eigenvalue weighted by molar-refractivity contribution is 0.465. The van der Waals surface area contributed by atoms with Crippen LogP contribution in [-0.4, -0.2) is 29.6 Å². The van der Waals surface area contributed by atoms with Crippen molar-refractivity contribution in [2.45, 2.75) is 25.3 Å². The van der Waals surface area contributed by atoms with E-state index in [4.69, 9.17) is 0 Å². The minimum Gasteiger partial charge on any atom is -0.275 e. The Bertz CT molecular complexity index is 745. The third-order valence-electron chi connectivity index (χ3n) is 3.26. The number of benzene rings is 1. The fourth-order valence-corrected chi connectivity index (χ4v) is 3.92. The van der Waals surface area contributed by atoms with Crippen LogP contribution in [0, 0.1) is 19.7 Å². The molecule has 5 nitrogen and oxygen atoms in total. The molecule has 0 atom stereocenters. The molecule has 0 unspecified atom stereocenters. The van der Waals surface area contributed by atoms with Crippen LogP contribution in [0.3, 0.4) is 0 Å². The standard InChI is InChI=1S/C14H18FN3O2S/c1-10-5-13(15)6-11(2)14(10)21(19,20)18(4)9-12-7-16-17(3)8-12/h5-8H,9H2,1-4H3. The zero-order valence-corrected chi connectivity index (χ0v) is 13.3. The monoisotopic (exact) mass is 311 g/mol. The van der Waals surface area contributed by atoms with Crippen molar-refractivity contribution >= 4 is 10.0 Å². The van der Waals surface area contributed by atoms with Gasteiger partial charge in [0.25, 0.3) is 0 Å². The number of sulfonamides is 1. The van der Waals surface area contributed by atoms with Gasteiger partial charge in [0, 0.05) is 32.4 Å². The van der Waals surface area contributed by atoms with Gasteiger partial charge in [0.1, 0.15) is 5.82 Å². The van der Waals surface area contributed by atoms with E-state index in [9.17, 15) is 12.8 Å². The molecule has 0 N–H and O–H groups in total. The summed E-state index contributed by atoms with van der Waals surface area (Å²) in [7, 11) is -0.402. The van der Waals surface area contributed by atoms with Crippen LogP contribution in [0.5, 0.6) is 0 Å². The molecule has 0 aliphatic heterocycles. The molecule has 1 aromatic carbocycles. The highest BCUT2D eigenvalue weighted by Crippen LogP contribution is 2.25. The maximum Gasteiger partial charge on any atom is 0.243 e. The van der Waals surface area contributed by atoms with Crippen LogP contribution in [-0.2, 0) is 23.6 Å². The molecule has 7 heteroatoms. The molecule has 0 fully saturated rings. The maximum absolute atomic E-state index is 13.3. The van der Waals surface area contributed by atoms with Crippen LogP contribution >= 0.6 is 0 Å². The molecule has 21 heavy (non-hydrogen) atoms. The molecule has 2 rings (SSSR count). The van der Waals surface area contributed by atoms with Crippen LogP contribution in [0.2, 0.25) is 0 Å². The fourth-order valence-electron chi connectivity index (χ4n) is 2.36. The van der Waals surface area contributed by atoms with E-state index in [1.165, 1.54) is 23.5 Å². The molecule has 0 aliphatic rings. The van der Waals surface area contributed by atoms with Crippen molar-refractivity contribution in [1.29, 1.82) is 0 Å². The second-order valence-corrected chi connectivity index (χ2v) is 7.13. The first-order chi connectivity index (χ1) is 9.71. The topological polar surface area (TPSA) is 55.2 Å².